The van der Waals surface area contributed by atoms with Crippen LogP contribution in [0.25, 0.3) is 10.7 Å². The van der Waals surface area contributed by atoms with E-state index in [0.717, 1.165) is 9.35 Å². The first-order valence-electron chi connectivity index (χ1n) is 6.32. The summed E-state index contributed by atoms with van der Waals surface area (Å²) in [5.41, 5.74) is 0.642. The largest absolute Gasteiger partial charge is 0.338 e. The van der Waals surface area contributed by atoms with Gasteiger partial charge in [-0.1, -0.05) is 35.5 Å². The van der Waals surface area contributed by atoms with Crippen LogP contribution in [-0.4, -0.2) is 15.9 Å². The number of halogens is 1. The summed E-state index contributed by atoms with van der Waals surface area (Å²) in [5.74, 6) is 0.354. The van der Waals surface area contributed by atoms with Gasteiger partial charge in [-0.15, -0.1) is 11.3 Å². The third kappa shape index (κ3) is 2.96. The van der Waals surface area contributed by atoms with Crippen LogP contribution < -0.4 is 0 Å². The molecule has 6 heteroatoms. The minimum absolute atomic E-state index is 0.0295. The minimum Gasteiger partial charge on any atom is -0.338 e. The summed E-state index contributed by atoms with van der Waals surface area (Å²) in [4.78, 5) is 17.6. The van der Waals surface area contributed by atoms with Gasteiger partial charge in [0.05, 0.1) is 10.8 Å². The van der Waals surface area contributed by atoms with E-state index in [2.05, 4.69) is 26.1 Å². The number of ketones is 1. The third-order valence-corrected chi connectivity index (χ3v) is 4.74. The molecule has 0 aliphatic rings. The van der Waals surface area contributed by atoms with Gasteiger partial charge in [0.25, 0.3) is 0 Å². The molecule has 0 aliphatic carbocycles. The normalized spacial score (nSPS) is 12.3. The molecule has 0 bridgehead atoms. The van der Waals surface area contributed by atoms with E-state index in [0.29, 0.717) is 17.3 Å². The molecule has 0 fully saturated rings. The lowest BCUT2D eigenvalue weighted by Gasteiger charge is -2.04. The highest BCUT2D eigenvalue weighted by molar-refractivity contribution is 9.10. The fraction of sp³-hybridized carbons (Fsp3) is 0.133. The van der Waals surface area contributed by atoms with E-state index in [1.807, 2.05) is 29.6 Å². The SMILES string of the molecule is CC(C(=O)c1ccccc1)c1nc(-c2cc(Br)cs2)no1. The van der Waals surface area contributed by atoms with Gasteiger partial charge in [0, 0.05) is 15.4 Å². The van der Waals surface area contributed by atoms with Crippen LogP contribution in [0.3, 0.4) is 0 Å². The van der Waals surface area contributed by atoms with Gasteiger partial charge in [0.1, 0.15) is 0 Å². The molecule has 0 amide bonds. The summed E-state index contributed by atoms with van der Waals surface area (Å²) in [6.45, 7) is 1.77. The average Bonchev–Trinajstić information content (AvgIpc) is 3.15. The summed E-state index contributed by atoms with van der Waals surface area (Å²) in [6.07, 6.45) is 0. The molecular weight excluding hydrogens is 352 g/mol. The molecule has 0 aliphatic heterocycles. The van der Waals surface area contributed by atoms with E-state index in [1.54, 1.807) is 19.1 Å². The van der Waals surface area contributed by atoms with Crippen LogP contribution >= 0.6 is 27.3 Å². The van der Waals surface area contributed by atoms with E-state index < -0.39 is 5.92 Å². The second-order valence-corrected chi connectivity index (χ2v) is 6.36. The summed E-state index contributed by atoms with van der Waals surface area (Å²) < 4.78 is 6.22. The topological polar surface area (TPSA) is 56.0 Å². The van der Waals surface area contributed by atoms with E-state index in [1.165, 1.54) is 11.3 Å². The number of aromatic nitrogens is 2. The van der Waals surface area contributed by atoms with Crippen molar-refractivity contribution in [1.29, 1.82) is 0 Å². The number of Topliss-reactive ketones (excluding diaryl/α,β-unsaturated/α-hetero) is 1. The van der Waals surface area contributed by atoms with Crippen molar-refractivity contribution in [2.24, 2.45) is 0 Å². The number of carbonyl (C=O) groups excluding carboxylic acids is 1. The lowest BCUT2D eigenvalue weighted by atomic mass is 9.99. The quantitative estimate of drug-likeness (QED) is 0.639. The second kappa shape index (κ2) is 5.91. The fourth-order valence-electron chi connectivity index (χ4n) is 1.91. The molecule has 4 nitrogen and oxygen atoms in total. The van der Waals surface area contributed by atoms with Crippen LogP contribution in [0.5, 0.6) is 0 Å². The molecule has 0 N–H and O–H groups in total. The van der Waals surface area contributed by atoms with Crippen LogP contribution in [0.1, 0.15) is 29.1 Å². The molecule has 1 unspecified atom stereocenters. The third-order valence-electron chi connectivity index (χ3n) is 3.05. The Labute approximate surface area is 133 Å². The Hall–Kier alpha value is -1.79. The van der Waals surface area contributed by atoms with Gasteiger partial charge < -0.3 is 4.52 Å². The molecule has 1 aromatic carbocycles. The van der Waals surface area contributed by atoms with Gasteiger partial charge in [-0.2, -0.15) is 4.98 Å². The molecule has 0 spiro atoms. The molecule has 0 saturated carbocycles. The van der Waals surface area contributed by atoms with Crippen molar-refractivity contribution in [2.75, 3.05) is 0 Å². The number of hydrogen-bond acceptors (Lipinski definition) is 5. The standard InChI is InChI=1S/C15H11BrN2O2S/c1-9(13(19)10-5-3-2-4-6-10)15-17-14(18-20-15)12-7-11(16)8-21-12/h2-9H,1H3. The van der Waals surface area contributed by atoms with Crippen molar-refractivity contribution in [1.82, 2.24) is 10.1 Å². The summed E-state index contributed by atoms with van der Waals surface area (Å²) in [7, 11) is 0. The Morgan fingerprint density at radius 3 is 2.76 bits per heavy atom. The summed E-state index contributed by atoms with van der Waals surface area (Å²) in [5, 5.41) is 5.90. The van der Waals surface area contributed by atoms with Gasteiger partial charge in [-0.3, -0.25) is 4.79 Å². The number of carbonyl (C=O) groups is 1. The number of rotatable bonds is 4. The van der Waals surface area contributed by atoms with E-state index in [4.69, 9.17) is 4.52 Å². The monoisotopic (exact) mass is 362 g/mol. The van der Waals surface area contributed by atoms with Crippen LogP contribution in [-0.2, 0) is 0 Å². The molecule has 2 heterocycles. The smallest absolute Gasteiger partial charge is 0.237 e. The van der Waals surface area contributed by atoms with E-state index in [-0.39, 0.29) is 5.78 Å². The average molecular weight is 363 g/mol. The van der Waals surface area contributed by atoms with Crippen molar-refractivity contribution < 1.29 is 9.32 Å². The lowest BCUT2D eigenvalue weighted by Crippen LogP contribution is -2.09. The Kier molecular flexibility index (Phi) is 3.98. The first-order valence-corrected chi connectivity index (χ1v) is 7.99. The summed E-state index contributed by atoms with van der Waals surface area (Å²) in [6, 6.07) is 11.0. The predicted octanol–water partition coefficient (Wildman–Crippen LogP) is 4.55. The highest BCUT2D eigenvalue weighted by Crippen LogP contribution is 2.29. The van der Waals surface area contributed by atoms with Crippen molar-refractivity contribution >= 4 is 33.0 Å². The molecule has 3 aromatic rings. The van der Waals surface area contributed by atoms with Crippen molar-refractivity contribution in [3.05, 3.63) is 57.7 Å². The number of thiophene rings is 1. The van der Waals surface area contributed by atoms with Crippen molar-refractivity contribution in [2.45, 2.75) is 12.8 Å². The minimum atomic E-state index is -0.461. The zero-order chi connectivity index (χ0) is 14.8. The first-order chi connectivity index (χ1) is 10.1. The molecule has 1 atom stereocenters. The van der Waals surface area contributed by atoms with Gasteiger partial charge in [0.15, 0.2) is 5.78 Å². The maximum atomic E-state index is 12.4. The van der Waals surface area contributed by atoms with Crippen molar-refractivity contribution in [3.63, 3.8) is 0 Å². The molecule has 3 rings (SSSR count). The van der Waals surface area contributed by atoms with Gasteiger partial charge >= 0.3 is 0 Å². The Bertz CT molecular complexity index is 767. The van der Waals surface area contributed by atoms with Gasteiger partial charge in [-0.25, -0.2) is 0 Å². The molecule has 2 aromatic heterocycles. The Balaban J connectivity index is 1.84. The first kappa shape index (κ1) is 14.2. The number of benzene rings is 1. The number of nitrogens with zero attached hydrogens (tertiary/aromatic N) is 2. The highest BCUT2D eigenvalue weighted by atomic mass is 79.9. The number of hydrogen-bond donors (Lipinski definition) is 0. The second-order valence-electron chi connectivity index (χ2n) is 4.54. The Morgan fingerprint density at radius 1 is 1.33 bits per heavy atom. The molecule has 0 radical (unpaired) electrons. The van der Waals surface area contributed by atoms with E-state index >= 15 is 0 Å². The molecular formula is C15H11BrN2O2S. The van der Waals surface area contributed by atoms with E-state index in [9.17, 15) is 4.79 Å². The van der Waals surface area contributed by atoms with Gasteiger partial charge in [0.2, 0.25) is 11.7 Å². The molecule has 106 valence electrons. The van der Waals surface area contributed by atoms with Crippen LogP contribution in [0, 0.1) is 0 Å². The summed E-state index contributed by atoms with van der Waals surface area (Å²) >= 11 is 4.90. The Morgan fingerprint density at radius 2 is 2.10 bits per heavy atom. The fourth-order valence-corrected chi connectivity index (χ4v) is 3.26. The maximum Gasteiger partial charge on any atom is 0.237 e. The zero-order valence-electron chi connectivity index (χ0n) is 11.1. The predicted molar refractivity (Wildman–Crippen MR) is 84.5 cm³/mol. The lowest BCUT2D eigenvalue weighted by molar-refractivity contribution is 0.0951. The van der Waals surface area contributed by atoms with Crippen LogP contribution in [0.15, 0.2) is 50.8 Å². The van der Waals surface area contributed by atoms with Crippen LogP contribution in [0.4, 0.5) is 0 Å². The molecule has 0 saturated heterocycles. The highest BCUT2D eigenvalue weighted by Gasteiger charge is 2.23. The molecule has 21 heavy (non-hydrogen) atoms. The van der Waals surface area contributed by atoms with Crippen molar-refractivity contribution in [3.8, 4) is 10.7 Å². The van der Waals surface area contributed by atoms with Crippen LogP contribution in [0.2, 0.25) is 0 Å². The zero-order valence-corrected chi connectivity index (χ0v) is 13.5. The maximum absolute atomic E-state index is 12.4. The van der Waals surface area contributed by atoms with Gasteiger partial charge in [-0.05, 0) is 28.9 Å².